The van der Waals surface area contributed by atoms with Crippen LogP contribution in [0, 0.1) is 0 Å². The second-order valence-electron chi connectivity index (χ2n) is 9.18. The minimum absolute atomic E-state index is 0.0199. The molecular formula is C29H33Cl2N3O6S. The van der Waals surface area contributed by atoms with E-state index in [0.717, 1.165) is 16.1 Å². The molecule has 0 heterocycles. The molecule has 0 aliphatic heterocycles. The molecule has 0 saturated carbocycles. The molecule has 0 aliphatic rings. The molecule has 0 fully saturated rings. The molecule has 0 aliphatic carbocycles. The number of nitrogens with zero attached hydrogens (tertiary/aromatic N) is 2. The molecule has 0 saturated heterocycles. The van der Waals surface area contributed by atoms with Crippen molar-refractivity contribution >= 4 is 50.7 Å². The standard InChI is InChI=1S/C29H33Cl2N3O6S/c1-5-32-29(36)25(16-20-9-7-6-8-10-20)33(18-21-11-13-23(30)24(31)15-21)28(35)19-34(41(4,37)38)22-12-14-26(39-2)27(17-22)40-3/h6-15,17,25H,5,16,18-19H2,1-4H3,(H,32,36). The van der Waals surface area contributed by atoms with Gasteiger partial charge in [-0.3, -0.25) is 13.9 Å². The summed E-state index contributed by atoms with van der Waals surface area (Å²) in [5.74, 6) is -0.273. The number of benzene rings is 3. The van der Waals surface area contributed by atoms with Crippen LogP contribution < -0.4 is 19.1 Å². The van der Waals surface area contributed by atoms with Gasteiger partial charge in [-0.15, -0.1) is 0 Å². The molecule has 0 bridgehead atoms. The molecule has 220 valence electrons. The summed E-state index contributed by atoms with van der Waals surface area (Å²) in [6.07, 6.45) is 1.21. The molecule has 0 radical (unpaired) electrons. The number of anilines is 1. The number of hydrogen-bond donors (Lipinski definition) is 1. The van der Waals surface area contributed by atoms with Gasteiger partial charge in [0.2, 0.25) is 21.8 Å². The Morgan fingerprint density at radius 2 is 1.59 bits per heavy atom. The van der Waals surface area contributed by atoms with Crippen LogP contribution in [-0.4, -0.2) is 64.7 Å². The number of nitrogens with one attached hydrogen (secondary N) is 1. The van der Waals surface area contributed by atoms with E-state index in [-0.39, 0.29) is 29.6 Å². The lowest BCUT2D eigenvalue weighted by molar-refractivity contribution is -0.140. The summed E-state index contributed by atoms with van der Waals surface area (Å²) in [6.45, 7) is 1.54. The van der Waals surface area contributed by atoms with E-state index in [4.69, 9.17) is 32.7 Å². The first-order valence-electron chi connectivity index (χ1n) is 12.7. The van der Waals surface area contributed by atoms with Crippen LogP contribution in [0.15, 0.2) is 66.7 Å². The zero-order chi connectivity index (χ0) is 30.2. The zero-order valence-electron chi connectivity index (χ0n) is 23.3. The largest absolute Gasteiger partial charge is 0.493 e. The van der Waals surface area contributed by atoms with Gasteiger partial charge in [0.15, 0.2) is 11.5 Å². The van der Waals surface area contributed by atoms with Crippen molar-refractivity contribution in [2.45, 2.75) is 25.9 Å². The Balaban J connectivity index is 2.08. The van der Waals surface area contributed by atoms with E-state index >= 15 is 0 Å². The Morgan fingerprint density at radius 1 is 0.902 bits per heavy atom. The smallest absolute Gasteiger partial charge is 0.244 e. The Hall–Kier alpha value is -3.47. The van der Waals surface area contributed by atoms with E-state index in [1.807, 2.05) is 30.3 Å². The van der Waals surface area contributed by atoms with Gasteiger partial charge < -0.3 is 19.7 Å². The number of sulfonamides is 1. The van der Waals surface area contributed by atoms with Crippen molar-refractivity contribution in [2.75, 3.05) is 37.9 Å². The highest BCUT2D eigenvalue weighted by Crippen LogP contribution is 2.32. The van der Waals surface area contributed by atoms with Crippen LogP contribution in [0.4, 0.5) is 5.69 Å². The Bertz CT molecular complexity index is 1470. The monoisotopic (exact) mass is 621 g/mol. The minimum atomic E-state index is -3.94. The SMILES string of the molecule is CCNC(=O)C(Cc1ccccc1)N(Cc1ccc(Cl)c(Cl)c1)C(=O)CN(c1ccc(OC)c(OC)c1)S(C)(=O)=O. The average Bonchev–Trinajstić information content (AvgIpc) is 2.95. The number of likely N-dealkylation sites (N-methyl/N-ethyl adjacent to an activating group) is 1. The Labute approximate surface area is 251 Å². The first kappa shape index (κ1) is 32.0. The quantitative estimate of drug-likeness (QED) is 0.300. The second kappa shape index (κ2) is 14.4. The van der Waals surface area contributed by atoms with Crippen molar-refractivity contribution in [1.82, 2.24) is 10.2 Å². The molecule has 0 spiro atoms. The van der Waals surface area contributed by atoms with Crippen molar-refractivity contribution in [3.63, 3.8) is 0 Å². The number of carbonyl (C=O) groups excluding carboxylic acids is 2. The van der Waals surface area contributed by atoms with Gasteiger partial charge in [-0.05, 0) is 42.3 Å². The van der Waals surface area contributed by atoms with Crippen LogP contribution in [-0.2, 0) is 32.6 Å². The molecule has 41 heavy (non-hydrogen) atoms. The third-order valence-corrected chi connectivity index (χ3v) is 8.17. The molecule has 9 nitrogen and oxygen atoms in total. The number of methoxy groups -OCH3 is 2. The lowest BCUT2D eigenvalue weighted by Gasteiger charge is -2.33. The molecule has 3 aromatic carbocycles. The predicted octanol–water partition coefficient (Wildman–Crippen LogP) is 4.55. The van der Waals surface area contributed by atoms with Crippen molar-refractivity contribution < 1.29 is 27.5 Å². The summed E-state index contributed by atoms with van der Waals surface area (Å²) in [5.41, 5.74) is 1.65. The molecule has 1 atom stereocenters. The summed E-state index contributed by atoms with van der Waals surface area (Å²) in [6, 6.07) is 17.8. The highest BCUT2D eigenvalue weighted by Gasteiger charge is 2.33. The van der Waals surface area contributed by atoms with Gasteiger partial charge in [0.25, 0.3) is 0 Å². The molecular weight excluding hydrogens is 589 g/mol. The number of carbonyl (C=O) groups is 2. The predicted molar refractivity (Wildman–Crippen MR) is 161 cm³/mol. The number of halogens is 2. The van der Waals surface area contributed by atoms with E-state index < -0.39 is 28.5 Å². The fraction of sp³-hybridized carbons (Fsp3) is 0.310. The van der Waals surface area contributed by atoms with Crippen molar-refractivity contribution in [3.8, 4) is 11.5 Å². The fourth-order valence-electron chi connectivity index (χ4n) is 4.27. The molecule has 0 aromatic heterocycles. The van der Waals surface area contributed by atoms with Gasteiger partial charge in [0, 0.05) is 25.6 Å². The van der Waals surface area contributed by atoms with E-state index in [0.29, 0.717) is 28.6 Å². The first-order valence-corrected chi connectivity index (χ1v) is 15.3. The van der Waals surface area contributed by atoms with Gasteiger partial charge in [-0.2, -0.15) is 0 Å². The summed E-state index contributed by atoms with van der Waals surface area (Å²) >= 11 is 12.4. The normalized spacial score (nSPS) is 11.9. The average molecular weight is 623 g/mol. The Morgan fingerprint density at radius 3 is 2.17 bits per heavy atom. The number of rotatable bonds is 13. The molecule has 3 aromatic rings. The molecule has 1 unspecified atom stereocenters. The maximum absolute atomic E-state index is 14.1. The van der Waals surface area contributed by atoms with Gasteiger partial charge >= 0.3 is 0 Å². The van der Waals surface area contributed by atoms with Gasteiger partial charge in [-0.25, -0.2) is 8.42 Å². The highest BCUT2D eigenvalue weighted by molar-refractivity contribution is 7.92. The summed E-state index contributed by atoms with van der Waals surface area (Å²) < 4.78 is 37.5. The van der Waals surface area contributed by atoms with Crippen molar-refractivity contribution in [1.29, 1.82) is 0 Å². The molecule has 3 rings (SSSR count). The van der Waals surface area contributed by atoms with Crippen molar-refractivity contribution in [3.05, 3.63) is 87.9 Å². The zero-order valence-corrected chi connectivity index (χ0v) is 25.6. The first-order chi connectivity index (χ1) is 19.5. The van der Waals surface area contributed by atoms with E-state index in [2.05, 4.69) is 5.32 Å². The maximum atomic E-state index is 14.1. The van der Waals surface area contributed by atoms with Crippen LogP contribution in [0.5, 0.6) is 11.5 Å². The van der Waals surface area contributed by atoms with Gasteiger partial charge in [-0.1, -0.05) is 59.6 Å². The second-order valence-corrected chi connectivity index (χ2v) is 11.9. The lowest BCUT2D eigenvalue weighted by atomic mass is 10.0. The fourth-order valence-corrected chi connectivity index (χ4v) is 5.44. The summed E-state index contributed by atoms with van der Waals surface area (Å²) in [4.78, 5) is 28.8. The number of amides is 2. The van der Waals surface area contributed by atoms with E-state index in [1.165, 1.54) is 31.3 Å². The van der Waals surface area contributed by atoms with Gasteiger partial charge in [0.1, 0.15) is 12.6 Å². The Kier molecular flexibility index (Phi) is 11.3. The topological polar surface area (TPSA) is 105 Å². The summed E-state index contributed by atoms with van der Waals surface area (Å²) in [7, 11) is -1.05. The third-order valence-electron chi connectivity index (χ3n) is 6.29. The van der Waals surface area contributed by atoms with E-state index in [9.17, 15) is 18.0 Å². The molecule has 1 N–H and O–H groups in total. The third kappa shape index (κ3) is 8.51. The maximum Gasteiger partial charge on any atom is 0.244 e. The van der Waals surface area contributed by atoms with Crippen LogP contribution in [0.2, 0.25) is 10.0 Å². The number of ether oxygens (including phenoxy) is 2. The number of hydrogen-bond acceptors (Lipinski definition) is 6. The van der Waals surface area contributed by atoms with E-state index in [1.54, 1.807) is 31.2 Å². The molecule has 12 heteroatoms. The lowest BCUT2D eigenvalue weighted by Crippen LogP contribution is -2.53. The van der Waals surface area contributed by atoms with Crippen LogP contribution >= 0.6 is 23.2 Å². The van der Waals surface area contributed by atoms with Crippen LogP contribution in [0.1, 0.15) is 18.1 Å². The highest BCUT2D eigenvalue weighted by atomic mass is 35.5. The van der Waals surface area contributed by atoms with Crippen LogP contribution in [0.3, 0.4) is 0 Å². The molecule has 2 amide bonds. The minimum Gasteiger partial charge on any atom is -0.493 e. The van der Waals surface area contributed by atoms with Gasteiger partial charge in [0.05, 0.1) is 36.2 Å². The summed E-state index contributed by atoms with van der Waals surface area (Å²) in [5, 5.41) is 3.44. The van der Waals surface area contributed by atoms with Crippen LogP contribution in [0.25, 0.3) is 0 Å². The van der Waals surface area contributed by atoms with Crippen molar-refractivity contribution in [2.24, 2.45) is 0 Å².